The van der Waals surface area contributed by atoms with Gasteiger partial charge in [0.1, 0.15) is 5.69 Å². The molecule has 5 aromatic rings. The number of nitrogens with one attached hydrogen (secondary N) is 1. The maximum atomic E-state index is 14.9. The van der Waals surface area contributed by atoms with Gasteiger partial charge in [0.2, 0.25) is 11.9 Å². The SMILES string of the molecule is CN1CCN(Cc2cnc(F)cc2-c2cccc3cc(-c4nc(NCCn5ccnn5)ncc4F)sc23)CC1. The van der Waals surface area contributed by atoms with Crippen LogP contribution in [0.2, 0.25) is 0 Å². The monoisotopic (exact) mass is 547 g/mol. The van der Waals surface area contributed by atoms with E-state index in [1.807, 2.05) is 24.3 Å². The number of halogens is 2. The third-order valence-electron chi connectivity index (χ3n) is 6.85. The van der Waals surface area contributed by atoms with Gasteiger partial charge in [-0.1, -0.05) is 23.4 Å². The van der Waals surface area contributed by atoms with Gasteiger partial charge in [-0.05, 0) is 29.6 Å². The Morgan fingerprint density at radius 3 is 2.72 bits per heavy atom. The highest BCUT2D eigenvalue weighted by Gasteiger charge is 2.20. The molecule has 1 N–H and O–H groups in total. The number of piperazine rings is 1. The van der Waals surface area contributed by atoms with E-state index in [4.69, 9.17) is 0 Å². The second-order valence-corrected chi connectivity index (χ2v) is 10.6. The normalized spacial score (nSPS) is 14.7. The summed E-state index contributed by atoms with van der Waals surface area (Å²) in [6.45, 7) is 5.65. The molecular weight excluding hydrogens is 520 g/mol. The van der Waals surface area contributed by atoms with Crippen molar-refractivity contribution in [2.75, 3.05) is 45.1 Å². The molecule has 0 spiro atoms. The van der Waals surface area contributed by atoms with Gasteiger partial charge in [0, 0.05) is 68.0 Å². The van der Waals surface area contributed by atoms with Crippen molar-refractivity contribution in [3.63, 3.8) is 0 Å². The van der Waals surface area contributed by atoms with E-state index in [0.717, 1.165) is 53.0 Å². The van der Waals surface area contributed by atoms with E-state index in [1.54, 1.807) is 23.3 Å². The van der Waals surface area contributed by atoms with Crippen LogP contribution in [-0.2, 0) is 13.1 Å². The summed E-state index contributed by atoms with van der Waals surface area (Å²) in [4.78, 5) is 17.9. The molecule has 0 saturated carbocycles. The maximum absolute atomic E-state index is 14.9. The molecule has 1 saturated heterocycles. The van der Waals surface area contributed by atoms with Gasteiger partial charge in [-0.2, -0.15) is 4.39 Å². The lowest BCUT2D eigenvalue weighted by Crippen LogP contribution is -2.43. The van der Waals surface area contributed by atoms with Crippen LogP contribution in [0.3, 0.4) is 0 Å². The Bertz CT molecular complexity index is 1580. The Kier molecular flexibility index (Phi) is 7.22. The fourth-order valence-electron chi connectivity index (χ4n) is 4.73. The standard InChI is InChI=1S/C27H27F2N9S/c1-36-9-11-37(12-10-36)17-19-15-31-24(29)14-21(19)20-4-2-3-18-13-23(39-26(18)20)25-22(28)16-32-27(34-25)30-5-7-38-8-6-33-35-38/h2-4,6,8,13-16H,5,7,9-12,17H2,1H3,(H,30,32,34). The van der Waals surface area contributed by atoms with Crippen molar-refractivity contribution in [1.82, 2.24) is 39.7 Å². The van der Waals surface area contributed by atoms with Crippen molar-refractivity contribution in [1.29, 1.82) is 0 Å². The van der Waals surface area contributed by atoms with Gasteiger partial charge in [-0.25, -0.2) is 19.3 Å². The summed E-state index contributed by atoms with van der Waals surface area (Å²) in [6, 6.07) is 9.33. The molecule has 6 rings (SSSR count). The molecule has 39 heavy (non-hydrogen) atoms. The fourth-order valence-corrected chi connectivity index (χ4v) is 5.91. The highest BCUT2D eigenvalue weighted by molar-refractivity contribution is 7.22. The van der Waals surface area contributed by atoms with Crippen LogP contribution in [0.5, 0.6) is 0 Å². The van der Waals surface area contributed by atoms with Gasteiger partial charge in [-0.15, -0.1) is 16.4 Å². The van der Waals surface area contributed by atoms with E-state index in [2.05, 4.69) is 47.4 Å². The molecule has 12 heteroatoms. The maximum Gasteiger partial charge on any atom is 0.223 e. The number of aromatic nitrogens is 6. The lowest BCUT2D eigenvalue weighted by atomic mass is 10.00. The molecule has 0 amide bonds. The Morgan fingerprint density at radius 2 is 1.90 bits per heavy atom. The third-order valence-corrected chi connectivity index (χ3v) is 8.04. The van der Waals surface area contributed by atoms with Crippen LogP contribution in [0.4, 0.5) is 14.7 Å². The fraction of sp³-hybridized carbons (Fsp3) is 0.296. The third kappa shape index (κ3) is 5.63. The van der Waals surface area contributed by atoms with Crippen LogP contribution in [0.15, 0.2) is 55.1 Å². The summed E-state index contributed by atoms with van der Waals surface area (Å²) in [5.41, 5.74) is 2.89. The molecule has 9 nitrogen and oxygen atoms in total. The molecular formula is C27H27F2N9S. The Hall–Kier alpha value is -3.87. The first-order chi connectivity index (χ1) is 19.0. The van der Waals surface area contributed by atoms with Crippen LogP contribution >= 0.6 is 11.3 Å². The van der Waals surface area contributed by atoms with E-state index >= 15 is 0 Å². The first-order valence-corrected chi connectivity index (χ1v) is 13.5. The Morgan fingerprint density at radius 1 is 1.03 bits per heavy atom. The summed E-state index contributed by atoms with van der Waals surface area (Å²) < 4.78 is 32.0. The first kappa shape index (κ1) is 25.4. The molecule has 0 aliphatic carbocycles. The highest BCUT2D eigenvalue weighted by atomic mass is 32.1. The van der Waals surface area contributed by atoms with Crippen LogP contribution in [0.25, 0.3) is 31.8 Å². The lowest BCUT2D eigenvalue weighted by Gasteiger charge is -2.32. The number of fused-ring (bicyclic) bond motifs is 1. The van der Waals surface area contributed by atoms with Gasteiger partial charge in [0.15, 0.2) is 5.82 Å². The summed E-state index contributed by atoms with van der Waals surface area (Å²) in [5.74, 6) is -0.699. The average molecular weight is 548 g/mol. The molecule has 5 heterocycles. The second-order valence-electron chi connectivity index (χ2n) is 9.56. The minimum Gasteiger partial charge on any atom is -0.352 e. The van der Waals surface area contributed by atoms with Crippen molar-refractivity contribution in [3.05, 3.63) is 72.4 Å². The van der Waals surface area contributed by atoms with Crippen LogP contribution < -0.4 is 5.32 Å². The number of benzene rings is 1. The van der Waals surface area contributed by atoms with Crippen molar-refractivity contribution >= 4 is 27.4 Å². The number of thiophene rings is 1. The largest absolute Gasteiger partial charge is 0.352 e. The van der Waals surface area contributed by atoms with E-state index < -0.39 is 11.8 Å². The smallest absolute Gasteiger partial charge is 0.223 e. The van der Waals surface area contributed by atoms with Crippen molar-refractivity contribution in [2.45, 2.75) is 13.1 Å². The number of rotatable bonds is 8. The van der Waals surface area contributed by atoms with Crippen LogP contribution in [0, 0.1) is 11.8 Å². The molecule has 1 fully saturated rings. The first-order valence-electron chi connectivity index (χ1n) is 12.7. The molecule has 0 unspecified atom stereocenters. The quantitative estimate of drug-likeness (QED) is 0.290. The van der Waals surface area contributed by atoms with Gasteiger partial charge in [-0.3, -0.25) is 9.58 Å². The zero-order valence-corrected chi connectivity index (χ0v) is 22.2. The molecule has 200 valence electrons. The van der Waals surface area contributed by atoms with E-state index in [9.17, 15) is 8.78 Å². The summed E-state index contributed by atoms with van der Waals surface area (Å²) in [7, 11) is 2.12. The Balaban J connectivity index is 1.31. The number of nitrogens with zero attached hydrogens (tertiary/aromatic N) is 8. The number of likely N-dealkylation sites (N-methyl/N-ethyl adjacent to an activating group) is 1. The predicted octanol–water partition coefficient (Wildman–Crippen LogP) is 4.15. The lowest BCUT2D eigenvalue weighted by molar-refractivity contribution is 0.148. The summed E-state index contributed by atoms with van der Waals surface area (Å²) in [6.07, 6.45) is 6.19. The average Bonchev–Trinajstić information content (AvgIpc) is 3.62. The molecule has 1 aliphatic heterocycles. The van der Waals surface area contributed by atoms with Crippen LogP contribution in [0.1, 0.15) is 5.56 Å². The minimum atomic E-state index is -0.524. The van der Waals surface area contributed by atoms with Crippen molar-refractivity contribution < 1.29 is 8.78 Å². The molecule has 0 atom stereocenters. The zero-order chi connectivity index (χ0) is 26.8. The number of hydrogen-bond donors (Lipinski definition) is 1. The van der Waals surface area contributed by atoms with Gasteiger partial charge in [0.25, 0.3) is 0 Å². The van der Waals surface area contributed by atoms with Crippen molar-refractivity contribution in [2.24, 2.45) is 0 Å². The van der Waals surface area contributed by atoms with Gasteiger partial charge >= 0.3 is 0 Å². The Labute approximate surface area is 228 Å². The molecule has 4 aromatic heterocycles. The van der Waals surface area contributed by atoms with Crippen LogP contribution in [-0.4, -0.2) is 79.5 Å². The molecule has 1 aromatic carbocycles. The van der Waals surface area contributed by atoms with E-state index in [0.29, 0.717) is 30.5 Å². The minimum absolute atomic E-state index is 0.221. The molecule has 1 aliphatic rings. The zero-order valence-electron chi connectivity index (χ0n) is 21.4. The summed E-state index contributed by atoms with van der Waals surface area (Å²) in [5, 5.41) is 11.8. The number of pyridine rings is 1. The number of anilines is 1. The highest BCUT2D eigenvalue weighted by Crippen LogP contribution is 2.40. The van der Waals surface area contributed by atoms with Crippen molar-refractivity contribution in [3.8, 4) is 21.7 Å². The molecule has 0 radical (unpaired) electrons. The number of hydrogen-bond acceptors (Lipinski definition) is 9. The second kappa shape index (κ2) is 11.1. The topological polar surface area (TPSA) is 87.9 Å². The van der Waals surface area contributed by atoms with Gasteiger partial charge < -0.3 is 10.2 Å². The van der Waals surface area contributed by atoms with Gasteiger partial charge in [0.05, 0.1) is 23.8 Å². The van der Waals surface area contributed by atoms with E-state index in [-0.39, 0.29) is 5.69 Å². The van der Waals surface area contributed by atoms with E-state index in [1.165, 1.54) is 23.6 Å². The predicted molar refractivity (Wildman–Crippen MR) is 147 cm³/mol. The molecule has 0 bridgehead atoms. The summed E-state index contributed by atoms with van der Waals surface area (Å²) >= 11 is 1.43.